The van der Waals surface area contributed by atoms with Crippen LogP contribution in [0.4, 0.5) is 17.6 Å². The minimum atomic E-state index is -4.74. The van der Waals surface area contributed by atoms with Crippen molar-refractivity contribution in [2.45, 2.75) is 40.2 Å². The zero-order valence-corrected chi connectivity index (χ0v) is 29.1. The summed E-state index contributed by atoms with van der Waals surface area (Å²) in [5.41, 5.74) is 8.66. The summed E-state index contributed by atoms with van der Waals surface area (Å²) in [7, 11) is 0. The van der Waals surface area contributed by atoms with Crippen molar-refractivity contribution >= 4 is 56.8 Å². The minimum Gasteiger partial charge on any atom is -0.406 e. The molecule has 6 aromatic rings. The second-order valence-corrected chi connectivity index (χ2v) is 13.4. The van der Waals surface area contributed by atoms with Gasteiger partial charge in [-0.1, -0.05) is 41.4 Å². The lowest BCUT2D eigenvalue weighted by Gasteiger charge is -2.18. The van der Waals surface area contributed by atoms with Gasteiger partial charge in [0.2, 0.25) is 0 Å². The number of nitrogens with one attached hydrogen (secondary N) is 2. The molecule has 2 aliphatic heterocycles. The Morgan fingerprint density at radius 2 is 1.16 bits per heavy atom. The first-order valence-electron chi connectivity index (χ1n) is 16.1. The van der Waals surface area contributed by atoms with Crippen LogP contribution in [0.5, 0.6) is 5.75 Å². The maximum atomic E-state index is 13.7. The smallest absolute Gasteiger partial charge is 0.406 e. The first-order chi connectivity index (χ1) is 24.2. The van der Waals surface area contributed by atoms with Crippen LogP contribution in [0.1, 0.15) is 37.7 Å². The van der Waals surface area contributed by atoms with E-state index in [4.69, 9.17) is 23.2 Å². The number of rotatable bonds is 3. The second kappa shape index (κ2) is 13.0. The van der Waals surface area contributed by atoms with Crippen molar-refractivity contribution in [1.82, 2.24) is 19.8 Å². The summed E-state index contributed by atoms with van der Waals surface area (Å²) in [5.74, 6) is -0.736. The molecule has 0 unspecified atom stereocenters. The summed E-state index contributed by atoms with van der Waals surface area (Å²) in [6.45, 7) is 7.96. The first kappa shape index (κ1) is 34.4. The molecule has 2 amide bonds. The number of hydrogen-bond donors (Lipinski definition) is 2. The van der Waals surface area contributed by atoms with E-state index < -0.39 is 6.36 Å². The van der Waals surface area contributed by atoms with Crippen LogP contribution < -0.4 is 15.4 Å². The van der Waals surface area contributed by atoms with Crippen molar-refractivity contribution in [3.8, 4) is 28.0 Å². The van der Waals surface area contributed by atoms with Crippen LogP contribution >= 0.6 is 23.2 Å². The number of nitrogens with zero attached hydrogens (tertiary/aromatic N) is 2. The number of aryl methyl sites for hydroxylation is 3. The Morgan fingerprint density at radius 3 is 1.63 bits per heavy atom. The Balaban J connectivity index is 0.000000160. The Labute approximate surface area is 299 Å². The normalized spacial score (nSPS) is 14.1. The molecule has 0 spiro atoms. The fraction of sp³-hybridized carbons (Fsp3) is 0.211. The van der Waals surface area contributed by atoms with Crippen molar-refractivity contribution in [3.63, 3.8) is 0 Å². The lowest BCUT2D eigenvalue weighted by atomic mass is 10.00. The van der Waals surface area contributed by atoms with Crippen LogP contribution in [0, 0.1) is 26.6 Å². The molecule has 0 atom stereocenters. The molecule has 0 saturated heterocycles. The Morgan fingerprint density at radius 1 is 0.686 bits per heavy atom. The van der Waals surface area contributed by atoms with Gasteiger partial charge < -0.3 is 24.5 Å². The summed E-state index contributed by atoms with van der Waals surface area (Å²) in [4.78, 5) is 24.6. The van der Waals surface area contributed by atoms with Gasteiger partial charge >= 0.3 is 6.36 Å². The second-order valence-electron chi connectivity index (χ2n) is 12.5. The van der Waals surface area contributed by atoms with Gasteiger partial charge in [0.25, 0.3) is 11.8 Å². The van der Waals surface area contributed by atoms with E-state index in [0.29, 0.717) is 58.7 Å². The topological polar surface area (TPSA) is 77.3 Å². The van der Waals surface area contributed by atoms with Crippen LogP contribution in [-0.2, 0) is 13.1 Å². The van der Waals surface area contributed by atoms with Gasteiger partial charge in [0.1, 0.15) is 23.0 Å². The molecule has 4 heterocycles. The highest BCUT2D eigenvalue weighted by atomic mass is 35.5. The fourth-order valence-corrected chi connectivity index (χ4v) is 7.52. The average molecular weight is 738 g/mol. The van der Waals surface area contributed by atoms with Crippen LogP contribution in [0.15, 0.2) is 66.7 Å². The zero-order chi connectivity index (χ0) is 36.4. The molecule has 8 rings (SSSR count). The molecule has 0 fully saturated rings. The number of carbonyl (C=O) groups is 2. The molecule has 2 N–H and O–H groups in total. The molecule has 0 aliphatic carbocycles. The van der Waals surface area contributed by atoms with E-state index >= 15 is 0 Å². The van der Waals surface area contributed by atoms with Gasteiger partial charge in [0.15, 0.2) is 0 Å². The predicted molar refractivity (Wildman–Crippen MR) is 190 cm³/mol. The van der Waals surface area contributed by atoms with Crippen molar-refractivity contribution in [2.75, 3.05) is 13.1 Å². The van der Waals surface area contributed by atoms with Crippen molar-refractivity contribution < 1.29 is 31.9 Å². The predicted octanol–water partition coefficient (Wildman–Crippen LogP) is 9.37. The first-order valence-corrected chi connectivity index (χ1v) is 16.8. The third kappa shape index (κ3) is 6.29. The molecule has 0 bridgehead atoms. The van der Waals surface area contributed by atoms with Gasteiger partial charge in [-0.05, 0) is 97.1 Å². The Bertz CT molecular complexity index is 2400. The number of amides is 2. The van der Waals surface area contributed by atoms with Gasteiger partial charge in [-0.15, -0.1) is 13.2 Å². The summed E-state index contributed by atoms with van der Waals surface area (Å²) < 4.78 is 58.7. The van der Waals surface area contributed by atoms with Crippen LogP contribution in [0.2, 0.25) is 10.0 Å². The third-order valence-electron chi connectivity index (χ3n) is 9.29. The highest BCUT2D eigenvalue weighted by molar-refractivity contribution is 6.32. The number of halogens is 6. The maximum absolute atomic E-state index is 13.7. The molecule has 0 radical (unpaired) electrons. The Hall–Kier alpha value is -5.00. The van der Waals surface area contributed by atoms with E-state index in [2.05, 4.69) is 15.4 Å². The quantitative estimate of drug-likeness (QED) is 0.178. The molecular weight excluding hydrogens is 707 g/mol. The molecule has 4 aromatic carbocycles. The van der Waals surface area contributed by atoms with Crippen molar-refractivity contribution in [1.29, 1.82) is 0 Å². The van der Waals surface area contributed by atoms with E-state index in [1.807, 2.05) is 41.2 Å². The molecule has 0 saturated carbocycles. The van der Waals surface area contributed by atoms with Gasteiger partial charge in [-0.25, -0.2) is 4.39 Å². The van der Waals surface area contributed by atoms with E-state index in [-0.39, 0.29) is 23.4 Å². The summed E-state index contributed by atoms with van der Waals surface area (Å²) in [6, 6.07) is 18.0. The molecule has 7 nitrogen and oxygen atoms in total. The summed E-state index contributed by atoms with van der Waals surface area (Å²) in [6.07, 6.45) is -4.74. The molecule has 2 aliphatic rings. The van der Waals surface area contributed by atoms with E-state index in [9.17, 15) is 27.2 Å². The molecule has 2 aromatic heterocycles. The lowest BCUT2D eigenvalue weighted by Crippen LogP contribution is -2.35. The van der Waals surface area contributed by atoms with Gasteiger partial charge in [0, 0.05) is 58.1 Å². The summed E-state index contributed by atoms with van der Waals surface area (Å²) >= 11 is 12.6. The standard InChI is InChI=1S/C19H14ClF3N2O2.C19H16ClFN2O/c1-10-14-8-12(20)9-15(17(14)25-7-6-24-18(26)16(10)25)11-2-4-13(5-3-11)27-19(21,22)23;1-10-7-12(3-4-16(10)21)15-9-13(20)8-14-11(2)17-19(24)22-5-6-23(17)18(14)15/h2-5,8-9H,6-7H2,1H3,(H,24,26);3-4,7-9H,5-6H2,1-2H3,(H,22,24). The van der Waals surface area contributed by atoms with Gasteiger partial charge in [0.05, 0.1) is 11.0 Å². The third-order valence-corrected chi connectivity index (χ3v) is 9.72. The number of aromatic nitrogens is 2. The number of carbonyl (C=O) groups excluding carboxylic acids is 2. The molecule has 262 valence electrons. The highest BCUT2D eigenvalue weighted by Crippen LogP contribution is 2.40. The van der Waals surface area contributed by atoms with Crippen LogP contribution in [0.25, 0.3) is 44.1 Å². The molecule has 13 heteroatoms. The average Bonchev–Trinajstić information content (AvgIpc) is 3.53. The fourth-order valence-electron chi connectivity index (χ4n) is 7.09. The van der Waals surface area contributed by atoms with Crippen molar-refractivity contribution in [2.24, 2.45) is 0 Å². The number of alkyl halides is 3. The number of fused-ring (bicyclic) bond motifs is 6. The zero-order valence-electron chi connectivity index (χ0n) is 27.6. The Kier molecular flexibility index (Phi) is 8.75. The maximum Gasteiger partial charge on any atom is 0.573 e. The van der Waals surface area contributed by atoms with E-state index in [0.717, 1.165) is 49.6 Å². The van der Waals surface area contributed by atoms with E-state index in [1.54, 1.807) is 37.3 Å². The van der Waals surface area contributed by atoms with Gasteiger partial charge in [-0.3, -0.25) is 9.59 Å². The lowest BCUT2D eigenvalue weighted by molar-refractivity contribution is -0.274. The largest absolute Gasteiger partial charge is 0.573 e. The number of hydrogen-bond acceptors (Lipinski definition) is 3. The van der Waals surface area contributed by atoms with Crippen molar-refractivity contribution in [3.05, 3.63) is 111 Å². The summed E-state index contributed by atoms with van der Waals surface area (Å²) in [5, 5.41) is 8.62. The minimum absolute atomic E-state index is 0.0627. The number of ether oxygens (including phenoxy) is 1. The van der Waals surface area contributed by atoms with Gasteiger partial charge in [-0.2, -0.15) is 0 Å². The number of benzene rings is 4. The van der Waals surface area contributed by atoms with Crippen LogP contribution in [0.3, 0.4) is 0 Å². The highest BCUT2D eigenvalue weighted by Gasteiger charge is 2.31. The molecule has 51 heavy (non-hydrogen) atoms. The van der Waals surface area contributed by atoms with Crippen LogP contribution in [-0.4, -0.2) is 40.4 Å². The SMILES string of the molecule is Cc1c2n(c3c(-c4ccc(OC(F)(F)F)cc4)cc(Cl)cc13)CCNC2=O.Cc1cc(-c2cc(Cl)cc3c(C)c4n(c23)CCNC4=O)ccc1F. The monoisotopic (exact) mass is 736 g/mol. The van der Waals surface area contributed by atoms with E-state index in [1.165, 1.54) is 18.2 Å². The molecular formula is C38H30Cl2F4N4O3.